The molecule has 27 heavy (non-hydrogen) atoms. The van der Waals surface area contributed by atoms with Crippen LogP contribution in [0.15, 0.2) is 17.1 Å². The number of halogens is 2. The highest BCUT2D eigenvalue weighted by atomic mass is 35.5. The number of carboxylic acids is 1. The van der Waals surface area contributed by atoms with E-state index in [4.69, 9.17) is 17.3 Å². The Morgan fingerprint density at radius 2 is 2.15 bits per heavy atom. The maximum atomic E-state index is 15.0. The lowest BCUT2D eigenvalue weighted by molar-refractivity contribution is 0.0695. The van der Waals surface area contributed by atoms with E-state index in [9.17, 15) is 14.7 Å². The number of anilines is 1. The summed E-state index contributed by atoms with van der Waals surface area (Å²) < 4.78 is 16.7. The van der Waals surface area contributed by atoms with Gasteiger partial charge in [-0.1, -0.05) is 11.6 Å². The maximum absolute atomic E-state index is 15.0. The van der Waals surface area contributed by atoms with Gasteiger partial charge in [0.25, 0.3) is 0 Å². The third-order valence-electron chi connectivity index (χ3n) is 5.10. The fraction of sp³-hybridized carbons (Fsp3) is 0.444. The van der Waals surface area contributed by atoms with Gasteiger partial charge in [0.1, 0.15) is 11.4 Å². The Morgan fingerprint density at radius 1 is 1.41 bits per heavy atom. The number of pyridine rings is 1. The van der Waals surface area contributed by atoms with Crippen LogP contribution in [0.1, 0.15) is 35.7 Å². The number of nitrogens with one attached hydrogen (secondary N) is 1. The molecule has 1 atom stereocenters. The van der Waals surface area contributed by atoms with Gasteiger partial charge in [-0.15, -0.1) is 0 Å². The fourth-order valence-corrected chi connectivity index (χ4v) is 4.08. The molecule has 1 aliphatic heterocycles. The van der Waals surface area contributed by atoms with E-state index in [1.165, 1.54) is 6.20 Å². The Hall–Kier alpha value is -2.16. The Labute approximate surface area is 159 Å². The quantitative estimate of drug-likeness (QED) is 0.735. The summed E-state index contributed by atoms with van der Waals surface area (Å²) in [6.07, 6.45) is 3.50. The van der Waals surface area contributed by atoms with Crippen LogP contribution in [0, 0.1) is 5.82 Å². The van der Waals surface area contributed by atoms with Crippen LogP contribution in [0.3, 0.4) is 0 Å². The minimum Gasteiger partial charge on any atom is -0.477 e. The molecule has 4 rings (SSSR count). The molecular formula is C18H20ClFN4O3. The van der Waals surface area contributed by atoms with Crippen LogP contribution in [-0.2, 0) is 0 Å². The molecule has 2 heterocycles. The number of carboxylic acid groups (broad SMARTS) is 1. The second-order valence-electron chi connectivity index (χ2n) is 7.09. The highest BCUT2D eigenvalue weighted by Gasteiger charge is 2.30. The number of benzene rings is 1. The molecule has 2 aromatic rings. The van der Waals surface area contributed by atoms with Crippen LogP contribution in [0.4, 0.5) is 10.1 Å². The highest BCUT2D eigenvalue weighted by molar-refractivity contribution is 6.38. The molecule has 1 aliphatic carbocycles. The first kappa shape index (κ1) is 18.2. The summed E-state index contributed by atoms with van der Waals surface area (Å²) in [6.45, 7) is 1.67. The summed E-state index contributed by atoms with van der Waals surface area (Å²) >= 11 is 6.61. The predicted octanol–water partition coefficient (Wildman–Crippen LogP) is 1.91. The first-order valence-electron chi connectivity index (χ1n) is 8.92. The predicted molar refractivity (Wildman–Crippen MR) is 101 cm³/mol. The van der Waals surface area contributed by atoms with Crippen molar-refractivity contribution in [2.45, 2.75) is 31.5 Å². The highest BCUT2D eigenvalue weighted by Crippen LogP contribution is 2.42. The van der Waals surface area contributed by atoms with Crippen molar-refractivity contribution >= 4 is 34.2 Å². The summed E-state index contributed by atoms with van der Waals surface area (Å²) in [6, 6.07) is 1.17. The van der Waals surface area contributed by atoms with Gasteiger partial charge in [-0.05, 0) is 31.9 Å². The molecule has 144 valence electrons. The van der Waals surface area contributed by atoms with Gasteiger partial charge in [0.15, 0.2) is 0 Å². The van der Waals surface area contributed by atoms with Crippen LogP contribution in [0.5, 0.6) is 0 Å². The van der Waals surface area contributed by atoms with E-state index in [0.29, 0.717) is 18.6 Å². The summed E-state index contributed by atoms with van der Waals surface area (Å²) in [5, 5.41) is 12.6. The van der Waals surface area contributed by atoms with Crippen LogP contribution in [0.25, 0.3) is 10.9 Å². The number of nitrogens with zero attached hydrogens (tertiary/aromatic N) is 2. The van der Waals surface area contributed by atoms with E-state index >= 15 is 4.39 Å². The Kier molecular flexibility index (Phi) is 4.57. The number of carbonyl (C=O) groups is 1. The lowest BCUT2D eigenvalue weighted by atomic mass is 10.1. The van der Waals surface area contributed by atoms with E-state index in [1.807, 2.05) is 0 Å². The lowest BCUT2D eigenvalue weighted by Crippen LogP contribution is -2.44. The molecule has 0 radical (unpaired) electrons. The van der Waals surface area contributed by atoms with E-state index in [-0.39, 0.29) is 33.9 Å². The average Bonchev–Trinajstić information content (AvgIpc) is 3.44. The van der Waals surface area contributed by atoms with Gasteiger partial charge in [0.05, 0.1) is 27.8 Å². The molecule has 1 aromatic heterocycles. The number of aromatic nitrogens is 1. The first-order valence-corrected chi connectivity index (χ1v) is 9.30. The van der Waals surface area contributed by atoms with Gasteiger partial charge >= 0.3 is 5.97 Å². The standard InChI is InChI=1S/C18H20ClFN4O3/c19-14-15-10(17(25)11(18(26)27)7-24(15)9-2-3-9)6-12(20)16(14)23-5-1-4-22-13(21)8-23/h6-7,9,13,22H,1-5,8,21H2,(H,26,27). The molecule has 1 aromatic carbocycles. The van der Waals surface area contributed by atoms with Crippen LogP contribution < -0.4 is 21.4 Å². The minimum atomic E-state index is -1.33. The molecule has 2 aliphatic rings. The zero-order valence-electron chi connectivity index (χ0n) is 14.5. The molecule has 0 spiro atoms. The summed E-state index contributed by atoms with van der Waals surface area (Å²) in [5.74, 6) is -1.98. The normalized spacial score (nSPS) is 20.7. The van der Waals surface area contributed by atoms with Crippen molar-refractivity contribution in [2.75, 3.05) is 24.5 Å². The van der Waals surface area contributed by atoms with Gasteiger partial charge in [0.2, 0.25) is 5.43 Å². The first-order chi connectivity index (χ1) is 12.9. The monoisotopic (exact) mass is 394 g/mol. The van der Waals surface area contributed by atoms with Crippen LogP contribution in [-0.4, -0.2) is 41.4 Å². The maximum Gasteiger partial charge on any atom is 0.341 e. The van der Waals surface area contributed by atoms with E-state index in [1.54, 1.807) is 9.47 Å². The molecule has 1 unspecified atom stereocenters. The van der Waals surface area contributed by atoms with Crippen molar-refractivity contribution < 1.29 is 14.3 Å². The Bertz CT molecular complexity index is 989. The zero-order valence-corrected chi connectivity index (χ0v) is 15.3. The second kappa shape index (κ2) is 6.78. The Balaban J connectivity index is 1.98. The molecule has 7 nitrogen and oxygen atoms in total. The molecule has 1 saturated heterocycles. The topological polar surface area (TPSA) is 101 Å². The van der Waals surface area contributed by atoms with Gasteiger partial charge in [-0.25, -0.2) is 9.18 Å². The van der Waals surface area contributed by atoms with E-state index in [2.05, 4.69) is 5.32 Å². The van der Waals surface area contributed by atoms with Crippen molar-refractivity contribution in [1.29, 1.82) is 0 Å². The zero-order chi connectivity index (χ0) is 19.3. The lowest BCUT2D eigenvalue weighted by Gasteiger charge is -2.27. The number of hydrogen-bond acceptors (Lipinski definition) is 5. The SMILES string of the molecule is NC1CN(c2c(F)cc3c(=O)c(C(=O)O)cn(C4CC4)c3c2Cl)CCCN1. The molecule has 1 saturated carbocycles. The number of fused-ring (bicyclic) bond motifs is 1. The number of hydrogen-bond donors (Lipinski definition) is 3. The fourth-order valence-electron chi connectivity index (χ4n) is 3.67. The molecule has 0 bridgehead atoms. The van der Waals surface area contributed by atoms with Crippen molar-refractivity contribution in [3.63, 3.8) is 0 Å². The summed E-state index contributed by atoms with van der Waals surface area (Å²) in [4.78, 5) is 25.8. The van der Waals surface area contributed by atoms with Gasteiger partial charge in [-0.2, -0.15) is 0 Å². The third kappa shape index (κ3) is 3.18. The summed E-state index contributed by atoms with van der Waals surface area (Å²) in [5.41, 5.74) is 5.49. The van der Waals surface area contributed by atoms with Crippen molar-refractivity contribution in [3.8, 4) is 0 Å². The minimum absolute atomic E-state index is 0.00899. The summed E-state index contributed by atoms with van der Waals surface area (Å²) in [7, 11) is 0. The number of aromatic carboxylic acids is 1. The largest absolute Gasteiger partial charge is 0.477 e. The van der Waals surface area contributed by atoms with Gasteiger partial charge in [0, 0.05) is 25.3 Å². The Morgan fingerprint density at radius 3 is 2.81 bits per heavy atom. The van der Waals surface area contributed by atoms with Crippen LogP contribution in [0.2, 0.25) is 5.02 Å². The second-order valence-corrected chi connectivity index (χ2v) is 7.47. The molecule has 0 amide bonds. The van der Waals surface area contributed by atoms with Crippen molar-refractivity contribution in [3.05, 3.63) is 38.9 Å². The van der Waals surface area contributed by atoms with E-state index < -0.39 is 17.2 Å². The van der Waals surface area contributed by atoms with Gasteiger partial charge in [-0.3, -0.25) is 4.79 Å². The smallest absolute Gasteiger partial charge is 0.341 e. The number of nitrogens with two attached hydrogens (primary N) is 1. The van der Waals surface area contributed by atoms with Crippen molar-refractivity contribution in [2.24, 2.45) is 5.73 Å². The molecule has 2 fully saturated rings. The molecular weight excluding hydrogens is 375 g/mol. The third-order valence-corrected chi connectivity index (χ3v) is 5.46. The van der Waals surface area contributed by atoms with Crippen molar-refractivity contribution in [1.82, 2.24) is 9.88 Å². The number of rotatable bonds is 3. The van der Waals surface area contributed by atoms with Crippen LogP contribution >= 0.6 is 11.6 Å². The van der Waals surface area contributed by atoms with E-state index in [0.717, 1.165) is 31.9 Å². The average molecular weight is 395 g/mol. The molecule has 4 N–H and O–H groups in total. The van der Waals surface area contributed by atoms with Gasteiger partial charge < -0.3 is 25.6 Å². The molecule has 9 heteroatoms.